The maximum atomic E-state index is 5.86. The fraction of sp³-hybridized carbons (Fsp3) is 0.400. The van der Waals surface area contributed by atoms with Gasteiger partial charge in [0, 0.05) is 12.1 Å². The van der Waals surface area contributed by atoms with Crippen LogP contribution in [0.15, 0.2) is 18.2 Å². The first-order valence-corrected chi connectivity index (χ1v) is 4.47. The van der Waals surface area contributed by atoms with Crippen molar-refractivity contribution in [3.8, 4) is 5.75 Å². The van der Waals surface area contributed by atoms with Gasteiger partial charge in [0.1, 0.15) is 5.75 Å². The molecule has 3 heteroatoms. The molecular formula is C10H13ClO2. The van der Waals surface area contributed by atoms with Crippen molar-refractivity contribution in [2.75, 3.05) is 7.11 Å². The summed E-state index contributed by atoms with van der Waals surface area (Å²) >= 11 is 5.86. The van der Waals surface area contributed by atoms with Crippen LogP contribution in [0.4, 0.5) is 0 Å². The molecule has 13 heavy (non-hydrogen) atoms. The van der Waals surface area contributed by atoms with Crippen molar-refractivity contribution >= 4 is 11.6 Å². The Hall–Kier alpha value is -0.730. The first-order chi connectivity index (χ1) is 6.13. The van der Waals surface area contributed by atoms with Crippen LogP contribution in [0.25, 0.3) is 0 Å². The largest absolute Gasteiger partial charge is 0.465 e. The number of rotatable bonds is 3. The van der Waals surface area contributed by atoms with Crippen molar-refractivity contribution in [3.05, 3.63) is 28.8 Å². The highest BCUT2D eigenvalue weighted by molar-refractivity contribution is 6.31. The zero-order valence-electron chi connectivity index (χ0n) is 8.00. The topological polar surface area (TPSA) is 18.5 Å². The van der Waals surface area contributed by atoms with Gasteiger partial charge in [0.2, 0.25) is 0 Å². The number of ether oxygens (including phenoxy) is 2. The summed E-state index contributed by atoms with van der Waals surface area (Å²) < 4.78 is 10.4. The summed E-state index contributed by atoms with van der Waals surface area (Å²) in [5.74, 6) is 0.774. The van der Waals surface area contributed by atoms with Crippen LogP contribution in [0.1, 0.15) is 12.5 Å². The molecule has 0 saturated carbocycles. The molecular weight excluding hydrogens is 188 g/mol. The Morgan fingerprint density at radius 1 is 1.38 bits per heavy atom. The lowest BCUT2D eigenvalue weighted by Crippen LogP contribution is -2.13. The Kier molecular flexibility index (Phi) is 3.58. The number of benzene rings is 1. The summed E-state index contributed by atoms with van der Waals surface area (Å²) in [5, 5.41) is 0.748. The summed E-state index contributed by atoms with van der Waals surface area (Å²) in [7, 11) is 1.60. The zero-order valence-corrected chi connectivity index (χ0v) is 8.76. The average molecular weight is 201 g/mol. The van der Waals surface area contributed by atoms with E-state index >= 15 is 0 Å². The molecule has 0 spiro atoms. The normalized spacial score (nSPS) is 12.6. The number of hydrogen-bond acceptors (Lipinski definition) is 2. The van der Waals surface area contributed by atoms with Crippen LogP contribution in [0.3, 0.4) is 0 Å². The molecule has 0 N–H and O–H groups in total. The molecule has 1 aromatic rings. The number of hydrogen-bond donors (Lipinski definition) is 0. The Morgan fingerprint density at radius 3 is 2.62 bits per heavy atom. The third kappa shape index (κ3) is 2.90. The SMILES string of the molecule is COC(C)Oc1ccc(Cl)c(C)c1. The molecule has 1 rings (SSSR count). The van der Waals surface area contributed by atoms with Gasteiger partial charge in [0.15, 0.2) is 6.29 Å². The molecule has 1 atom stereocenters. The van der Waals surface area contributed by atoms with E-state index in [-0.39, 0.29) is 6.29 Å². The fourth-order valence-corrected chi connectivity index (χ4v) is 1.05. The van der Waals surface area contributed by atoms with Gasteiger partial charge in [-0.15, -0.1) is 0 Å². The summed E-state index contributed by atoms with van der Waals surface area (Å²) in [6, 6.07) is 5.53. The maximum absolute atomic E-state index is 5.86. The molecule has 0 amide bonds. The van der Waals surface area contributed by atoms with Crippen molar-refractivity contribution in [2.24, 2.45) is 0 Å². The van der Waals surface area contributed by atoms with Gasteiger partial charge < -0.3 is 9.47 Å². The van der Waals surface area contributed by atoms with E-state index in [0.717, 1.165) is 16.3 Å². The van der Waals surface area contributed by atoms with Crippen molar-refractivity contribution in [1.82, 2.24) is 0 Å². The fourth-order valence-electron chi connectivity index (χ4n) is 0.930. The van der Waals surface area contributed by atoms with Crippen LogP contribution in [0.5, 0.6) is 5.75 Å². The Morgan fingerprint density at radius 2 is 2.08 bits per heavy atom. The van der Waals surface area contributed by atoms with Crippen LogP contribution in [0, 0.1) is 6.92 Å². The van der Waals surface area contributed by atoms with Gasteiger partial charge in [0.25, 0.3) is 0 Å². The second kappa shape index (κ2) is 4.49. The minimum atomic E-state index is -0.236. The predicted octanol–water partition coefficient (Wildman–Crippen LogP) is 3.02. The lowest BCUT2D eigenvalue weighted by molar-refractivity contribution is -0.0383. The van der Waals surface area contributed by atoms with E-state index in [4.69, 9.17) is 21.1 Å². The molecule has 0 fully saturated rings. The van der Waals surface area contributed by atoms with E-state index in [1.54, 1.807) is 7.11 Å². The van der Waals surface area contributed by atoms with Gasteiger partial charge in [-0.05, 0) is 37.6 Å². The molecule has 0 radical (unpaired) electrons. The molecule has 0 aromatic heterocycles. The third-order valence-corrected chi connectivity index (χ3v) is 2.19. The molecule has 0 heterocycles. The molecule has 1 aromatic carbocycles. The minimum Gasteiger partial charge on any atom is -0.465 e. The minimum absolute atomic E-state index is 0.236. The van der Waals surface area contributed by atoms with E-state index in [1.807, 2.05) is 32.0 Å². The quantitative estimate of drug-likeness (QED) is 0.699. The summed E-state index contributed by atoms with van der Waals surface area (Å²) in [6.07, 6.45) is -0.236. The molecule has 2 nitrogen and oxygen atoms in total. The summed E-state index contributed by atoms with van der Waals surface area (Å²) in [6.45, 7) is 3.77. The van der Waals surface area contributed by atoms with E-state index in [2.05, 4.69) is 0 Å². The molecule has 0 bridgehead atoms. The smallest absolute Gasteiger partial charge is 0.196 e. The average Bonchev–Trinajstić information content (AvgIpc) is 2.11. The second-order valence-corrected chi connectivity index (χ2v) is 3.24. The molecule has 0 aliphatic rings. The third-order valence-electron chi connectivity index (χ3n) is 1.76. The lowest BCUT2D eigenvalue weighted by atomic mass is 10.2. The van der Waals surface area contributed by atoms with Gasteiger partial charge in [-0.2, -0.15) is 0 Å². The van der Waals surface area contributed by atoms with Crippen LogP contribution < -0.4 is 4.74 Å². The van der Waals surface area contributed by atoms with Gasteiger partial charge in [-0.3, -0.25) is 0 Å². The first-order valence-electron chi connectivity index (χ1n) is 4.09. The van der Waals surface area contributed by atoms with Crippen LogP contribution in [0.2, 0.25) is 5.02 Å². The highest BCUT2D eigenvalue weighted by Crippen LogP contribution is 2.21. The standard InChI is InChI=1S/C10H13ClO2/c1-7-6-9(4-5-10(7)11)13-8(2)12-3/h4-6,8H,1-3H3. The zero-order chi connectivity index (χ0) is 9.84. The maximum Gasteiger partial charge on any atom is 0.196 e. The van der Waals surface area contributed by atoms with Gasteiger partial charge in [-0.1, -0.05) is 11.6 Å². The van der Waals surface area contributed by atoms with Crippen molar-refractivity contribution in [3.63, 3.8) is 0 Å². The highest BCUT2D eigenvalue weighted by Gasteiger charge is 2.02. The number of halogens is 1. The molecule has 0 aliphatic heterocycles. The highest BCUT2D eigenvalue weighted by atomic mass is 35.5. The molecule has 0 aliphatic carbocycles. The Labute approximate surface area is 83.4 Å². The van der Waals surface area contributed by atoms with Crippen LogP contribution in [-0.4, -0.2) is 13.4 Å². The van der Waals surface area contributed by atoms with E-state index < -0.39 is 0 Å². The van der Waals surface area contributed by atoms with Gasteiger partial charge in [0.05, 0.1) is 0 Å². The summed E-state index contributed by atoms with van der Waals surface area (Å²) in [4.78, 5) is 0. The van der Waals surface area contributed by atoms with E-state index in [0.29, 0.717) is 0 Å². The lowest BCUT2D eigenvalue weighted by Gasteiger charge is -2.13. The van der Waals surface area contributed by atoms with E-state index in [1.165, 1.54) is 0 Å². The van der Waals surface area contributed by atoms with Gasteiger partial charge >= 0.3 is 0 Å². The van der Waals surface area contributed by atoms with Crippen molar-refractivity contribution < 1.29 is 9.47 Å². The molecule has 72 valence electrons. The molecule has 1 unspecified atom stereocenters. The second-order valence-electron chi connectivity index (χ2n) is 2.83. The molecule has 0 saturated heterocycles. The van der Waals surface area contributed by atoms with Crippen LogP contribution >= 0.6 is 11.6 Å². The first kappa shape index (κ1) is 10.4. The van der Waals surface area contributed by atoms with E-state index in [9.17, 15) is 0 Å². The number of aryl methyl sites for hydroxylation is 1. The Balaban J connectivity index is 2.73. The monoisotopic (exact) mass is 200 g/mol. The predicted molar refractivity (Wildman–Crippen MR) is 53.3 cm³/mol. The Bertz CT molecular complexity index is 286. The van der Waals surface area contributed by atoms with Crippen molar-refractivity contribution in [1.29, 1.82) is 0 Å². The van der Waals surface area contributed by atoms with Crippen LogP contribution in [-0.2, 0) is 4.74 Å². The summed E-state index contributed by atoms with van der Waals surface area (Å²) in [5.41, 5.74) is 1.00. The number of methoxy groups -OCH3 is 1. The van der Waals surface area contributed by atoms with Gasteiger partial charge in [-0.25, -0.2) is 0 Å². The van der Waals surface area contributed by atoms with Crippen molar-refractivity contribution in [2.45, 2.75) is 20.1 Å².